The number of carboxylic acid groups (broad SMARTS) is 1. The molecule has 0 heterocycles. The van der Waals surface area contributed by atoms with Gasteiger partial charge < -0.3 is 24.1 Å². The van der Waals surface area contributed by atoms with Crippen molar-refractivity contribution < 1.29 is 42.5 Å². The van der Waals surface area contributed by atoms with Gasteiger partial charge >= 0.3 is 18.0 Å². The minimum absolute atomic E-state index is 0.0889. The molecule has 0 unspecified atom stereocenters. The normalized spacial score (nSPS) is 15.4. The lowest BCUT2D eigenvalue weighted by Crippen LogP contribution is -2.45. The molecule has 7 nitrogen and oxygen atoms in total. The van der Waals surface area contributed by atoms with Crippen molar-refractivity contribution in [3.05, 3.63) is 29.8 Å². The predicted molar refractivity (Wildman–Crippen MR) is 94.4 cm³/mol. The zero-order valence-electron chi connectivity index (χ0n) is 16.2. The molecule has 0 aromatic heterocycles. The van der Waals surface area contributed by atoms with Crippen LogP contribution in [0, 0.1) is 5.92 Å². The molecule has 1 saturated carbocycles. The van der Waals surface area contributed by atoms with Crippen LogP contribution in [0.15, 0.2) is 24.3 Å². The van der Waals surface area contributed by atoms with Crippen LogP contribution in [0.3, 0.4) is 0 Å². The number of aliphatic carboxylic acids is 1. The van der Waals surface area contributed by atoms with E-state index >= 15 is 0 Å². The van der Waals surface area contributed by atoms with Crippen LogP contribution in [0.5, 0.6) is 5.75 Å². The summed E-state index contributed by atoms with van der Waals surface area (Å²) in [6, 6.07) is 4.91. The zero-order valence-corrected chi connectivity index (χ0v) is 16.2. The van der Waals surface area contributed by atoms with Gasteiger partial charge in [0.2, 0.25) is 0 Å². The fourth-order valence-electron chi connectivity index (χ4n) is 3.17. The van der Waals surface area contributed by atoms with E-state index in [4.69, 9.17) is 9.47 Å². The minimum atomic E-state index is -4.28. The number of hydrogen-bond acceptors (Lipinski definition) is 7. The number of carbonyl (C=O) groups is 3. The van der Waals surface area contributed by atoms with Crippen LogP contribution in [0.2, 0.25) is 0 Å². The molecule has 9 heteroatoms. The first kappa shape index (κ1) is 22.6. The van der Waals surface area contributed by atoms with Gasteiger partial charge in [0.15, 0.2) is 6.61 Å². The van der Waals surface area contributed by atoms with E-state index in [1.165, 1.54) is 30.7 Å². The summed E-state index contributed by atoms with van der Waals surface area (Å²) in [7, 11) is 0. The fraction of sp³-hybridized carbons (Fsp3) is 0.550. The summed E-state index contributed by atoms with van der Waals surface area (Å²) < 4.78 is 40.6. The van der Waals surface area contributed by atoms with Crippen LogP contribution in [-0.2, 0) is 14.3 Å². The third-order valence-corrected chi connectivity index (χ3v) is 4.91. The molecule has 0 spiro atoms. The van der Waals surface area contributed by atoms with E-state index in [2.05, 4.69) is 4.74 Å². The maximum atomic E-state index is 12.9. The van der Waals surface area contributed by atoms with E-state index in [0.717, 1.165) is 25.7 Å². The molecule has 160 valence electrons. The predicted octanol–water partition coefficient (Wildman–Crippen LogP) is 3.10. The summed E-state index contributed by atoms with van der Waals surface area (Å²) in [5.41, 5.74) is -0.798. The van der Waals surface area contributed by atoms with Crippen LogP contribution in [0.1, 0.15) is 56.3 Å². The van der Waals surface area contributed by atoms with Gasteiger partial charge in [-0.25, -0.2) is 9.59 Å². The first-order chi connectivity index (χ1) is 13.5. The van der Waals surface area contributed by atoms with Gasteiger partial charge in [0.1, 0.15) is 17.3 Å². The Balaban J connectivity index is 1.88. The van der Waals surface area contributed by atoms with Crippen LogP contribution < -0.4 is 9.84 Å². The number of rotatable bonds is 7. The van der Waals surface area contributed by atoms with Crippen LogP contribution in [0.4, 0.5) is 13.6 Å². The largest absolute Gasteiger partial charge is 0.544 e. The maximum absolute atomic E-state index is 12.9. The second kappa shape index (κ2) is 9.19. The third kappa shape index (κ3) is 6.40. The highest BCUT2D eigenvalue weighted by molar-refractivity contribution is 5.89. The molecule has 0 N–H and O–H groups in total. The van der Waals surface area contributed by atoms with Crippen molar-refractivity contribution >= 4 is 18.1 Å². The Labute approximate surface area is 166 Å². The standard InChI is InChI=1S/C20H24F2O7/c1-19(2,14-6-4-3-5-7-14)29-18(26)28-15-10-8-13(9-11-15)16(23)27-12-20(21,22)17(24)25/h8-11,14H,3-7,12H2,1-2H3,(H,24,25)/p-1. The van der Waals surface area contributed by atoms with E-state index < -0.39 is 36.2 Å². The number of carbonyl (C=O) groups excluding carboxylic acids is 3. The first-order valence-corrected chi connectivity index (χ1v) is 9.28. The van der Waals surface area contributed by atoms with E-state index in [0.29, 0.717) is 0 Å². The van der Waals surface area contributed by atoms with Crippen molar-refractivity contribution in [3.8, 4) is 5.75 Å². The van der Waals surface area contributed by atoms with Crippen molar-refractivity contribution in [2.75, 3.05) is 6.61 Å². The van der Waals surface area contributed by atoms with Gasteiger partial charge in [0.05, 0.1) is 5.56 Å². The monoisotopic (exact) mass is 413 g/mol. The summed E-state index contributed by atoms with van der Waals surface area (Å²) in [5.74, 6) is -7.73. The molecular weight excluding hydrogens is 390 g/mol. The second-order valence-electron chi connectivity index (χ2n) is 7.48. The number of carboxylic acids is 1. The highest BCUT2D eigenvalue weighted by Gasteiger charge is 2.35. The number of esters is 1. The van der Waals surface area contributed by atoms with Crippen molar-refractivity contribution in [2.45, 2.75) is 57.5 Å². The Morgan fingerprint density at radius 2 is 1.66 bits per heavy atom. The van der Waals surface area contributed by atoms with Gasteiger partial charge in [0.25, 0.3) is 0 Å². The summed E-state index contributed by atoms with van der Waals surface area (Å²) in [5, 5.41) is 10.2. The lowest BCUT2D eigenvalue weighted by molar-refractivity contribution is -0.331. The lowest BCUT2D eigenvalue weighted by atomic mass is 9.79. The van der Waals surface area contributed by atoms with E-state index in [-0.39, 0.29) is 17.2 Å². The summed E-state index contributed by atoms with van der Waals surface area (Å²) in [6.45, 7) is 2.03. The number of halogens is 2. The molecule has 1 aromatic carbocycles. The molecule has 1 aliphatic rings. The van der Waals surface area contributed by atoms with Gasteiger partial charge in [-0.1, -0.05) is 19.3 Å². The molecule has 0 saturated heterocycles. The minimum Gasteiger partial charge on any atom is -0.544 e. The molecular formula is C20H23F2O7-. The van der Waals surface area contributed by atoms with Crippen molar-refractivity contribution in [3.63, 3.8) is 0 Å². The lowest BCUT2D eigenvalue weighted by Gasteiger charge is -2.35. The Bertz CT molecular complexity index is 738. The van der Waals surface area contributed by atoms with Crippen LogP contribution in [0.25, 0.3) is 0 Å². The SMILES string of the molecule is CC(C)(OC(=O)Oc1ccc(C(=O)OCC(F)(F)C(=O)[O-])cc1)C1CCCCC1. The smallest absolute Gasteiger partial charge is 0.514 e. The van der Waals surface area contributed by atoms with Gasteiger partial charge in [-0.2, -0.15) is 8.78 Å². The van der Waals surface area contributed by atoms with Gasteiger partial charge in [0, 0.05) is 0 Å². The zero-order chi connectivity index (χ0) is 21.7. The summed E-state index contributed by atoms with van der Waals surface area (Å²) in [4.78, 5) is 34.0. The van der Waals surface area contributed by atoms with Gasteiger partial charge in [-0.05, 0) is 56.9 Å². The number of benzene rings is 1. The first-order valence-electron chi connectivity index (χ1n) is 9.28. The topological polar surface area (TPSA) is 102 Å². The molecule has 2 rings (SSSR count). The van der Waals surface area contributed by atoms with Crippen LogP contribution >= 0.6 is 0 Å². The van der Waals surface area contributed by atoms with Crippen molar-refractivity contribution in [1.82, 2.24) is 0 Å². The Kier molecular flexibility index (Phi) is 7.16. The average Bonchev–Trinajstić information content (AvgIpc) is 2.67. The molecule has 1 fully saturated rings. The molecule has 0 bridgehead atoms. The highest BCUT2D eigenvalue weighted by atomic mass is 19.3. The fourth-order valence-corrected chi connectivity index (χ4v) is 3.17. The Hall–Kier alpha value is -2.71. The molecule has 1 aromatic rings. The van der Waals surface area contributed by atoms with Crippen molar-refractivity contribution in [2.24, 2.45) is 5.92 Å². The number of hydrogen-bond donors (Lipinski definition) is 0. The summed E-state index contributed by atoms with van der Waals surface area (Å²) >= 11 is 0. The van der Waals surface area contributed by atoms with Crippen LogP contribution in [-0.4, -0.2) is 36.2 Å². The third-order valence-electron chi connectivity index (χ3n) is 4.91. The number of ether oxygens (including phenoxy) is 3. The molecule has 0 aliphatic heterocycles. The Morgan fingerprint density at radius 1 is 1.07 bits per heavy atom. The Morgan fingerprint density at radius 3 is 2.21 bits per heavy atom. The average molecular weight is 413 g/mol. The van der Waals surface area contributed by atoms with Gasteiger partial charge in [-0.15, -0.1) is 0 Å². The molecule has 1 aliphatic carbocycles. The molecule has 29 heavy (non-hydrogen) atoms. The van der Waals surface area contributed by atoms with E-state index in [9.17, 15) is 28.3 Å². The van der Waals surface area contributed by atoms with E-state index in [1.807, 2.05) is 13.8 Å². The quantitative estimate of drug-likeness (QED) is 0.500. The molecule has 0 radical (unpaired) electrons. The second-order valence-corrected chi connectivity index (χ2v) is 7.48. The molecule has 0 atom stereocenters. The summed E-state index contributed by atoms with van der Waals surface area (Å²) in [6.07, 6.45) is 4.45. The number of alkyl halides is 2. The molecule has 0 amide bonds. The highest BCUT2D eigenvalue weighted by Crippen LogP contribution is 2.35. The van der Waals surface area contributed by atoms with E-state index in [1.54, 1.807) is 0 Å². The maximum Gasteiger partial charge on any atom is 0.514 e. The van der Waals surface area contributed by atoms with Crippen molar-refractivity contribution in [1.29, 1.82) is 0 Å². The van der Waals surface area contributed by atoms with Gasteiger partial charge in [-0.3, -0.25) is 0 Å².